The van der Waals surface area contributed by atoms with Crippen LogP contribution in [-0.4, -0.2) is 45.2 Å². The van der Waals surface area contributed by atoms with E-state index in [1.54, 1.807) is 0 Å². The molecule has 0 spiro atoms. The molecule has 1 aliphatic rings. The van der Waals surface area contributed by atoms with Gasteiger partial charge in [-0.3, -0.25) is 15.0 Å². The second-order valence-electron chi connectivity index (χ2n) is 9.31. The number of esters is 1. The first kappa shape index (κ1) is 25.9. The second-order valence-corrected chi connectivity index (χ2v) is 9.31. The van der Waals surface area contributed by atoms with Gasteiger partial charge in [0.15, 0.2) is 17.3 Å². The number of methoxy groups -OCH3 is 1. The minimum atomic E-state index is -0.989. The van der Waals surface area contributed by atoms with Gasteiger partial charge in [-0.05, 0) is 23.8 Å². The first-order chi connectivity index (χ1) is 18.7. The Hall–Kier alpha value is -4.74. The third-order valence-corrected chi connectivity index (χ3v) is 7.06. The second kappa shape index (κ2) is 10.2. The van der Waals surface area contributed by atoms with Crippen LogP contribution >= 0.6 is 0 Å². The van der Waals surface area contributed by atoms with Crippen molar-refractivity contribution in [2.45, 2.75) is 18.4 Å². The first-order valence-corrected chi connectivity index (χ1v) is 12.1. The number of rotatable bonds is 6. The van der Waals surface area contributed by atoms with Gasteiger partial charge in [-0.15, -0.1) is 0 Å². The molecular formula is C28H26N2O9. The number of nitrogens with one attached hydrogen (secondary N) is 2. The molecule has 39 heavy (non-hydrogen) atoms. The fourth-order valence-electron chi connectivity index (χ4n) is 5.17. The molecule has 3 atom stereocenters. The summed E-state index contributed by atoms with van der Waals surface area (Å²) in [6.45, 7) is 0.365. The summed E-state index contributed by atoms with van der Waals surface area (Å²) in [6, 6.07) is 13.6. The van der Waals surface area contributed by atoms with E-state index in [4.69, 9.17) is 9.15 Å². The zero-order valence-corrected chi connectivity index (χ0v) is 20.7. The molecule has 0 bridgehead atoms. The highest BCUT2D eigenvalue weighted by Gasteiger charge is 2.40. The van der Waals surface area contributed by atoms with Crippen molar-refractivity contribution in [3.05, 3.63) is 75.9 Å². The minimum absolute atomic E-state index is 0.0477. The van der Waals surface area contributed by atoms with Gasteiger partial charge in [-0.25, -0.2) is 5.43 Å². The van der Waals surface area contributed by atoms with E-state index in [1.807, 2.05) is 30.3 Å². The van der Waals surface area contributed by atoms with Gasteiger partial charge < -0.3 is 34.7 Å². The lowest BCUT2D eigenvalue weighted by Crippen LogP contribution is -2.26. The number of hydrazine groups is 1. The van der Waals surface area contributed by atoms with Crippen molar-refractivity contribution < 1.29 is 39.5 Å². The molecule has 0 aliphatic carbocycles. The van der Waals surface area contributed by atoms with E-state index < -0.39 is 51.4 Å². The summed E-state index contributed by atoms with van der Waals surface area (Å²) in [6.07, 6.45) is -0.207. The number of benzene rings is 3. The van der Waals surface area contributed by atoms with Crippen LogP contribution in [0.4, 0.5) is 0 Å². The molecule has 1 aromatic heterocycles. The SMILES string of the molecule is COC(=O)CC(c1c(O)cc(O)c2c(=O)c(O)c(-c3ccc(O)c(O)c3)oc12)C1CNNC1c1ccccc1. The highest BCUT2D eigenvalue weighted by atomic mass is 16.5. The Morgan fingerprint density at radius 1 is 1.00 bits per heavy atom. The molecule has 1 saturated heterocycles. The summed E-state index contributed by atoms with van der Waals surface area (Å²) in [7, 11) is 1.24. The lowest BCUT2D eigenvalue weighted by atomic mass is 9.77. The number of carbonyl (C=O) groups is 1. The third kappa shape index (κ3) is 4.58. The van der Waals surface area contributed by atoms with Crippen LogP contribution in [0.3, 0.4) is 0 Å². The van der Waals surface area contributed by atoms with Crippen molar-refractivity contribution in [1.29, 1.82) is 0 Å². The van der Waals surface area contributed by atoms with Crippen LogP contribution in [0.2, 0.25) is 0 Å². The van der Waals surface area contributed by atoms with Gasteiger partial charge in [0.25, 0.3) is 0 Å². The van der Waals surface area contributed by atoms with E-state index >= 15 is 0 Å². The largest absolute Gasteiger partial charge is 0.507 e. The van der Waals surface area contributed by atoms with Crippen LogP contribution in [0.1, 0.15) is 29.5 Å². The van der Waals surface area contributed by atoms with Crippen LogP contribution in [-0.2, 0) is 9.53 Å². The molecule has 1 aliphatic heterocycles. The highest BCUT2D eigenvalue weighted by Crippen LogP contribution is 2.48. The van der Waals surface area contributed by atoms with Gasteiger partial charge in [-0.1, -0.05) is 30.3 Å². The Kier molecular flexibility index (Phi) is 6.77. The standard InChI is InChI=1S/C28H26N2O9/c1-38-21(35)10-15(16-12-29-30-24(16)13-5-3-2-4-6-13)22-19(33)11-20(34)23-25(36)26(37)27(39-28(22)23)14-7-8-17(31)18(32)9-14/h2-9,11,15-16,24,29-34,37H,10,12H2,1H3. The van der Waals surface area contributed by atoms with E-state index in [2.05, 4.69) is 10.9 Å². The summed E-state index contributed by atoms with van der Waals surface area (Å²) in [5.74, 6) is -4.97. The molecule has 11 nitrogen and oxygen atoms in total. The average Bonchev–Trinajstić information content (AvgIpc) is 3.41. The highest BCUT2D eigenvalue weighted by molar-refractivity contribution is 5.92. The van der Waals surface area contributed by atoms with Crippen molar-refractivity contribution in [2.24, 2.45) is 5.92 Å². The predicted octanol–water partition coefficient (Wildman–Crippen LogP) is 3.10. The monoisotopic (exact) mass is 534 g/mol. The van der Waals surface area contributed by atoms with Crippen molar-refractivity contribution >= 4 is 16.9 Å². The molecule has 202 valence electrons. The van der Waals surface area contributed by atoms with Crippen molar-refractivity contribution in [2.75, 3.05) is 13.7 Å². The van der Waals surface area contributed by atoms with Crippen LogP contribution in [0, 0.1) is 5.92 Å². The predicted molar refractivity (Wildman–Crippen MR) is 139 cm³/mol. The number of phenols is 4. The number of hydrogen-bond acceptors (Lipinski definition) is 11. The Morgan fingerprint density at radius 3 is 2.44 bits per heavy atom. The topological polar surface area (TPSA) is 182 Å². The fourth-order valence-corrected chi connectivity index (χ4v) is 5.17. The Morgan fingerprint density at radius 2 is 1.74 bits per heavy atom. The maximum absolute atomic E-state index is 13.3. The quantitative estimate of drug-likeness (QED) is 0.143. The van der Waals surface area contributed by atoms with Gasteiger partial charge in [-0.2, -0.15) is 0 Å². The Balaban J connectivity index is 1.77. The summed E-state index contributed by atoms with van der Waals surface area (Å²) in [4.78, 5) is 25.9. The Bertz CT molecular complexity index is 1620. The number of hydrogen-bond donors (Lipinski definition) is 7. The summed E-state index contributed by atoms with van der Waals surface area (Å²) in [5.41, 5.74) is 6.07. The van der Waals surface area contributed by atoms with E-state index in [1.165, 1.54) is 13.2 Å². The number of ether oxygens (including phenoxy) is 1. The van der Waals surface area contributed by atoms with Crippen LogP contribution in [0.25, 0.3) is 22.3 Å². The first-order valence-electron chi connectivity index (χ1n) is 12.1. The number of carbonyl (C=O) groups excluding carboxylic acids is 1. The van der Waals surface area contributed by atoms with E-state index in [-0.39, 0.29) is 40.9 Å². The molecule has 0 amide bonds. The summed E-state index contributed by atoms with van der Waals surface area (Å²) >= 11 is 0. The van der Waals surface area contributed by atoms with Crippen LogP contribution < -0.4 is 16.3 Å². The molecule has 4 aromatic rings. The minimum Gasteiger partial charge on any atom is -0.507 e. The van der Waals surface area contributed by atoms with E-state index in [0.29, 0.717) is 6.54 Å². The van der Waals surface area contributed by atoms with Crippen molar-refractivity contribution in [1.82, 2.24) is 10.9 Å². The number of fused-ring (bicyclic) bond motifs is 1. The van der Waals surface area contributed by atoms with Crippen molar-refractivity contribution in [3.63, 3.8) is 0 Å². The lowest BCUT2D eigenvalue weighted by Gasteiger charge is -2.28. The molecule has 0 radical (unpaired) electrons. The zero-order chi connectivity index (χ0) is 27.8. The molecular weight excluding hydrogens is 508 g/mol. The van der Waals surface area contributed by atoms with Gasteiger partial charge in [0.2, 0.25) is 11.2 Å². The molecule has 7 N–H and O–H groups in total. The van der Waals surface area contributed by atoms with Gasteiger partial charge in [0.1, 0.15) is 22.5 Å². The maximum atomic E-state index is 13.3. The van der Waals surface area contributed by atoms with E-state index in [0.717, 1.165) is 23.8 Å². The molecule has 1 fully saturated rings. The maximum Gasteiger partial charge on any atom is 0.306 e. The molecule has 0 saturated carbocycles. The van der Waals surface area contributed by atoms with E-state index in [9.17, 15) is 35.1 Å². The number of phenolic OH excluding ortho intramolecular Hbond substituents is 4. The van der Waals surface area contributed by atoms with Crippen molar-refractivity contribution in [3.8, 4) is 40.1 Å². The molecule has 5 rings (SSSR count). The fraction of sp³-hybridized carbons (Fsp3) is 0.214. The van der Waals surface area contributed by atoms with Gasteiger partial charge in [0, 0.05) is 35.6 Å². The van der Waals surface area contributed by atoms with Crippen LogP contribution in [0.5, 0.6) is 28.7 Å². The Labute approximate surface area is 221 Å². The lowest BCUT2D eigenvalue weighted by molar-refractivity contribution is -0.141. The van der Waals surface area contributed by atoms with Gasteiger partial charge >= 0.3 is 5.97 Å². The average molecular weight is 535 g/mol. The normalized spacial score (nSPS) is 17.8. The molecule has 3 unspecified atom stereocenters. The van der Waals surface area contributed by atoms with Gasteiger partial charge in [0.05, 0.1) is 19.6 Å². The number of aromatic hydroxyl groups is 5. The van der Waals surface area contributed by atoms with Crippen LogP contribution in [0.15, 0.2) is 63.8 Å². The molecule has 11 heteroatoms. The smallest absolute Gasteiger partial charge is 0.306 e. The zero-order valence-electron chi connectivity index (χ0n) is 20.7. The molecule has 3 aromatic carbocycles. The summed E-state index contributed by atoms with van der Waals surface area (Å²) < 4.78 is 10.9. The summed E-state index contributed by atoms with van der Waals surface area (Å²) in [5, 5.41) is 51.7. The third-order valence-electron chi connectivity index (χ3n) is 7.06. The molecule has 2 heterocycles.